The van der Waals surface area contributed by atoms with Crippen LogP contribution in [-0.4, -0.2) is 38.4 Å². The van der Waals surface area contributed by atoms with Crippen LogP contribution in [0.3, 0.4) is 0 Å². The van der Waals surface area contributed by atoms with Crippen molar-refractivity contribution in [2.24, 2.45) is 0 Å². The summed E-state index contributed by atoms with van der Waals surface area (Å²) in [4.78, 5) is 13.9. The van der Waals surface area contributed by atoms with Crippen molar-refractivity contribution in [1.29, 1.82) is 5.26 Å². The first-order valence-corrected chi connectivity index (χ1v) is 11.0. The molecule has 30 heavy (non-hydrogen) atoms. The molecule has 0 spiro atoms. The van der Waals surface area contributed by atoms with Crippen LogP contribution in [0.5, 0.6) is 0 Å². The van der Waals surface area contributed by atoms with Gasteiger partial charge in [-0.2, -0.15) is 21.8 Å². The van der Waals surface area contributed by atoms with Crippen LogP contribution in [-0.2, 0) is 10.5 Å². The number of thioether (sulfide) groups is 1. The van der Waals surface area contributed by atoms with Gasteiger partial charge in [0.15, 0.2) is 6.04 Å². The summed E-state index contributed by atoms with van der Waals surface area (Å²) < 4.78 is 0. The number of hydrogen-bond donors (Lipinski definition) is 1. The summed E-state index contributed by atoms with van der Waals surface area (Å²) in [6.45, 7) is 2.43. The first kappa shape index (κ1) is 21.8. The maximum atomic E-state index is 12.6. The second-order valence-electron chi connectivity index (χ2n) is 6.48. The lowest BCUT2D eigenvalue weighted by atomic mass is 10.1. The van der Waals surface area contributed by atoms with Gasteiger partial charge in [-0.25, -0.2) is 0 Å². The summed E-state index contributed by atoms with van der Waals surface area (Å²) in [5, 5.41) is 25.2. The largest absolute Gasteiger partial charge is 0.353 e. The summed E-state index contributed by atoms with van der Waals surface area (Å²) >= 11 is 7.58. The first-order valence-electron chi connectivity index (χ1n) is 9.51. The Morgan fingerprint density at radius 3 is 2.77 bits per heavy atom. The Labute approximate surface area is 184 Å². The minimum Gasteiger partial charge on any atom is -0.353 e. The van der Waals surface area contributed by atoms with E-state index in [0.717, 1.165) is 22.6 Å². The molecule has 1 unspecified atom stereocenters. The fourth-order valence-corrected chi connectivity index (χ4v) is 3.82. The molecule has 0 aliphatic carbocycles. The molecule has 7 nitrogen and oxygen atoms in total. The van der Waals surface area contributed by atoms with Crippen LogP contribution in [0.4, 0.5) is 0 Å². The number of nitrogens with zero attached hydrogens (tertiary/aromatic N) is 5. The van der Waals surface area contributed by atoms with Crippen molar-refractivity contribution in [3.05, 3.63) is 64.7 Å². The Morgan fingerprint density at radius 2 is 2.03 bits per heavy atom. The van der Waals surface area contributed by atoms with Crippen molar-refractivity contribution in [2.45, 2.75) is 25.1 Å². The van der Waals surface area contributed by atoms with Gasteiger partial charge in [0.25, 0.3) is 0 Å². The van der Waals surface area contributed by atoms with Gasteiger partial charge in [-0.3, -0.25) is 4.79 Å². The normalized spacial score (nSPS) is 11.6. The number of benzene rings is 2. The van der Waals surface area contributed by atoms with Crippen LogP contribution >= 0.6 is 23.4 Å². The monoisotopic (exact) mass is 440 g/mol. The van der Waals surface area contributed by atoms with Crippen molar-refractivity contribution in [2.75, 3.05) is 12.3 Å². The van der Waals surface area contributed by atoms with Gasteiger partial charge < -0.3 is 5.32 Å². The van der Waals surface area contributed by atoms with Crippen molar-refractivity contribution in [1.82, 2.24) is 25.5 Å². The molecule has 0 bridgehead atoms. The van der Waals surface area contributed by atoms with E-state index in [1.165, 1.54) is 4.80 Å². The predicted molar refractivity (Wildman–Crippen MR) is 118 cm³/mol. The van der Waals surface area contributed by atoms with Crippen LogP contribution < -0.4 is 5.32 Å². The highest BCUT2D eigenvalue weighted by atomic mass is 35.5. The van der Waals surface area contributed by atoms with E-state index in [9.17, 15) is 4.79 Å². The lowest BCUT2D eigenvalue weighted by molar-refractivity contribution is -0.124. The topological polar surface area (TPSA) is 96.5 Å². The Kier molecular flexibility index (Phi) is 7.82. The minimum atomic E-state index is -0.525. The second-order valence-corrected chi connectivity index (χ2v) is 8.02. The number of tetrazole rings is 1. The summed E-state index contributed by atoms with van der Waals surface area (Å²) in [7, 11) is 0. The van der Waals surface area contributed by atoms with E-state index in [1.54, 1.807) is 23.9 Å². The van der Waals surface area contributed by atoms with Gasteiger partial charge >= 0.3 is 0 Å². The molecule has 2 aromatic carbocycles. The summed E-state index contributed by atoms with van der Waals surface area (Å²) in [6, 6.07) is 16.4. The molecule has 0 saturated carbocycles. The number of carbonyl (C=O) groups excluding carboxylic acids is 1. The number of carbonyl (C=O) groups is 1. The third kappa shape index (κ3) is 5.59. The number of nitriles is 1. The van der Waals surface area contributed by atoms with E-state index in [2.05, 4.69) is 26.8 Å². The highest BCUT2D eigenvalue weighted by molar-refractivity contribution is 7.98. The third-order valence-electron chi connectivity index (χ3n) is 4.44. The van der Waals surface area contributed by atoms with Gasteiger partial charge in [0.2, 0.25) is 11.7 Å². The second kappa shape index (κ2) is 10.8. The Morgan fingerprint density at radius 1 is 1.27 bits per heavy atom. The fourth-order valence-electron chi connectivity index (χ4n) is 2.83. The zero-order valence-corrected chi connectivity index (χ0v) is 18.0. The zero-order valence-electron chi connectivity index (χ0n) is 16.5. The van der Waals surface area contributed by atoms with E-state index in [1.807, 2.05) is 43.3 Å². The van der Waals surface area contributed by atoms with E-state index in [-0.39, 0.29) is 5.91 Å². The van der Waals surface area contributed by atoms with Gasteiger partial charge in [-0.15, -0.1) is 10.2 Å². The molecule has 0 radical (unpaired) electrons. The lowest BCUT2D eigenvalue weighted by Gasteiger charge is -2.13. The number of halogens is 1. The van der Waals surface area contributed by atoms with E-state index in [4.69, 9.17) is 16.9 Å². The number of aromatic nitrogens is 4. The van der Waals surface area contributed by atoms with E-state index in [0.29, 0.717) is 29.4 Å². The van der Waals surface area contributed by atoms with Gasteiger partial charge in [0.05, 0.1) is 11.6 Å². The zero-order chi connectivity index (χ0) is 21.3. The fraction of sp³-hybridized carbons (Fsp3) is 0.286. The van der Waals surface area contributed by atoms with Crippen LogP contribution in [0.2, 0.25) is 5.02 Å². The molecule has 1 atom stereocenters. The smallest absolute Gasteiger partial charge is 0.246 e. The predicted octanol–water partition coefficient (Wildman–Crippen LogP) is 3.87. The average molecular weight is 441 g/mol. The molecule has 9 heteroatoms. The number of nitrogens with one attached hydrogen (secondary N) is 1. The molecule has 1 aromatic heterocycles. The van der Waals surface area contributed by atoms with Gasteiger partial charge in [0, 0.05) is 28.6 Å². The molecule has 0 saturated heterocycles. The molecule has 154 valence electrons. The Balaban J connectivity index is 1.50. The molecule has 1 heterocycles. The van der Waals surface area contributed by atoms with Crippen LogP contribution in [0.1, 0.15) is 30.5 Å². The lowest BCUT2D eigenvalue weighted by Crippen LogP contribution is -2.34. The molecular formula is C21H21ClN6OS. The SMILES string of the molecule is CCC(C(=O)NCCSCc1ccccc1C#N)n1nnc(-c2ccc(Cl)cc2)n1. The van der Waals surface area contributed by atoms with Gasteiger partial charge in [-0.05, 0) is 47.5 Å². The minimum absolute atomic E-state index is 0.143. The van der Waals surface area contributed by atoms with Crippen molar-refractivity contribution in [3.8, 4) is 17.5 Å². The summed E-state index contributed by atoms with van der Waals surface area (Å²) in [5.74, 6) is 1.77. The average Bonchev–Trinajstić information content (AvgIpc) is 3.24. The van der Waals surface area contributed by atoms with Crippen LogP contribution in [0.25, 0.3) is 11.4 Å². The molecule has 1 amide bonds. The maximum Gasteiger partial charge on any atom is 0.246 e. The molecule has 3 rings (SSSR count). The molecule has 3 aromatic rings. The van der Waals surface area contributed by atoms with Gasteiger partial charge in [0.1, 0.15) is 0 Å². The molecule has 0 fully saturated rings. The number of amides is 1. The summed E-state index contributed by atoms with van der Waals surface area (Å²) in [6.07, 6.45) is 0.547. The highest BCUT2D eigenvalue weighted by Crippen LogP contribution is 2.19. The standard InChI is InChI=1S/C21H21ClN6OS/c1-2-19(28-26-20(25-27-28)15-7-9-18(22)10-8-15)21(29)24-11-12-30-14-17-6-4-3-5-16(17)13-23/h3-10,19H,2,11-12,14H2,1H3,(H,24,29). The quantitative estimate of drug-likeness (QED) is 0.507. The van der Waals surface area contributed by atoms with Crippen molar-refractivity contribution >= 4 is 29.3 Å². The molecule has 0 aliphatic heterocycles. The molecule has 1 N–H and O–H groups in total. The van der Waals surface area contributed by atoms with Crippen molar-refractivity contribution in [3.63, 3.8) is 0 Å². The summed E-state index contributed by atoms with van der Waals surface area (Å²) in [5.41, 5.74) is 2.48. The number of rotatable bonds is 9. The number of hydrogen-bond acceptors (Lipinski definition) is 6. The van der Waals surface area contributed by atoms with Crippen LogP contribution in [0.15, 0.2) is 48.5 Å². The van der Waals surface area contributed by atoms with E-state index < -0.39 is 6.04 Å². The molecular weight excluding hydrogens is 420 g/mol. The van der Waals surface area contributed by atoms with Crippen LogP contribution in [0, 0.1) is 11.3 Å². The third-order valence-corrected chi connectivity index (χ3v) is 5.70. The van der Waals surface area contributed by atoms with Gasteiger partial charge in [-0.1, -0.05) is 36.7 Å². The Hall–Kier alpha value is -2.89. The first-order chi connectivity index (χ1) is 14.6. The Bertz CT molecular complexity index is 1030. The molecule has 0 aliphatic rings. The maximum absolute atomic E-state index is 12.6. The van der Waals surface area contributed by atoms with E-state index >= 15 is 0 Å². The highest BCUT2D eigenvalue weighted by Gasteiger charge is 2.21. The van der Waals surface area contributed by atoms with Crippen molar-refractivity contribution < 1.29 is 4.79 Å².